The van der Waals surface area contributed by atoms with E-state index >= 15 is 0 Å². The summed E-state index contributed by atoms with van der Waals surface area (Å²) in [4.78, 5) is 15.8. The molecular weight excluding hydrogens is 250 g/mol. The lowest BCUT2D eigenvalue weighted by Gasteiger charge is -2.15. The molecule has 0 aliphatic heterocycles. The van der Waals surface area contributed by atoms with Crippen LogP contribution in [0.4, 0.5) is 0 Å². The molecule has 0 fully saturated rings. The van der Waals surface area contributed by atoms with Crippen molar-refractivity contribution in [3.63, 3.8) is 0 Å². The summed E-state index contributed by atoms with van der Waals surface area (Å²) < 4.78 is 0. The molecule has 1 heterocycles. The van der Waals surface area contributed by atoms with Crippen molar-refractivity contribution in [3.05, 3.63) is 30.1 Å². The van der Waals surface area contributed by atoms with Crippen molar-refractivity contribution in [1.29, 1.82) is 0 Å². The number of carbonyl (C=O) groups excluding carboxylic acids is 1. The largest absolute Gasteiger partial charge is 0.355 e. The number of halogens is 1. The summed E-state index contributed by atoms with van der Waals surface area (Å²) in [6.45, 7) is 4.53. The molecule has 18 heavy (non-hydrogen) atoms. The minimum atomic E-state index is -0.412. The van der Waals surface area contributed by atoms with E-state index in [1.54, 1.807) is 6.20 Å². The van der Waals surface area contributed by atoms with E-state index in [1.165, 1.54) is 0 Å². The van der Waals surface area contributed by atoms with Gasteiger partial charge >= 0.3 is 0 Å². The predicted molar refractivity (Wildman–Crippen MR) is 75.6 cm³/mol. The molecule has 1 rings (SSSR count). The number of hydrogen-bond acceptors (Lipinski definition) is 3. The summed E-state index contributed by atoms with van der Waals surface area (Å²) in [5.41, 5.74) is 6.78. The Hall–Kier alpha value is -1.13. The fourth-order valence-electron chi connectivity index (χ4n) is 1.45. The second kappa shape index (κ2) is 8.89. The zero-order valence-electron chi connectivity index (χ0n) is 10.9. The van der Waals surface area contributed by atoms with Crippen molar-refractivity contribution in [1.82, 2.24) is 10.3 Å². The highest BCUT2D eigenvalue weighted by molar-refractivity contribution is 5.85. The summed E-state index contributed by atoms with van der Waals surface area (Å²) in [5, 5.41) is 2.84. The van der Waals surface area contributed by atoms with E-state index in [0.717, 1.165) is 18.5 Å². The number of aryl methyl sites for hydroxylation is 1. The molecule has 4 nitrogen and oxygen atoms in total. The first kappa shape index (κ1) is 16.9. The van der Waals surface area contributed by atoms with Crippen LogP contribution in [-0.4, -0.2) is 23.5 Å². The van der Waals surface area contributed by atoms with Crippen molar-refractivity contribution in [2.75, 3.05) is 6.54 Å². The lowest BCUT2D eigenvalue weighted by atomic mass is 10.1. The topological polar surface area (TPSA) is 68.0 Å². The normalized spacial score (nSPS) is 11.8. The molecule has 0 saturated heterocycles. The monoisotopic (exact) mass is 271 g/mol. The summed E-state index contributed by atoms with van der Waals surface area (Å²) in [5.74, 6) is 0.104. The lowest BCUT2D eigenvalue weighted by molar-refractivity contribution is -0.123. The molecule has 3 N–H and O–H groups in total. The average Bonchev–Trinajstić information content (AvgIpc) is 2.34. The van der Waals surface area contributed by atoms with E-state index < -0.39 is 6.04 Å². The lowest BCUT2D eigenvalue weighted by Crippen LogP contribution is -2.44. The quantitative estimate of drug-likeness (QED) is 0.771. The maximum atomic E-state index is 11.5. The number of nitrogens with two attached hydrogens (primary N) is 1. The van der Waals surface area contributed by atoms with E-state index in [4.69, 9.17) is 5.73 Å². The third-order valence-electron chi connectivity index (χ3n) is 2.66. The van der Waals surface area contributed by atoms with Crippen molar-refractivity contribution in [2.24, 2.45) is 11.7 Å². The van der Waals surface area contributed by atoms with Gasteiger partial charge in [0, 0.05) is 18.4 Å². The van der Waals surface area contributed by atoms with E-state index in [0.29, 0.717) is 6.54 Å². The van der Waals surface area contributed by atoms with Crippen LogP contribution in [-0.2, 0) is 11.2 Å². The minimum absolute atomic E-state index is 0. The van der Waals surface area contributed by atoms with Gasteiger partial charge in [0.25, 0.3) is 0 Å². The summed E-state index contributed by atoms with van der Waals surface area (Å²) >= 11 is 0. The first-order valence-corrected chi connectivity index (χ1v) is 6.04. The Labute approximate surface area is 115 Å². The summed E-state index contributed by atoms with van der Waals surface area (Å²) in [6, 6.07) is 5.44. The Kier molecular flexibility index (Phi) is 8.33. The van der Waals surface area contributed by atoms with Gasteiger partial charge in [-0.3, -0.25) is 9.78 Å². The molecule has 0 bridgehead atoms. The minimum Gasteiger partial charge on any atom is -0.355 e. The van der Waals surface area contributed by atoms with Gasteiger partial charge in [-0.25, -0.2) is 0 Å². The zero-order chi connectivity index (χ0) is 12.7. The molecule has 0 saturated carbocycles. The SMILES string of the molecule is CC(C)[C@H](N)C(=O)NCCCc1ccccn1.Cl. The Morgan fingerprint density at radius 3 is 2.72 bits per heavy atom. The van der Waals surface area contributed by atoms with Gasteiger partial charge in [-0.1, -0.05) is 19.9 Å². The van der Waals surface area contributed by atoms with Crippen molar-refractivity contribution in [3.8, 4) is 0 Å². The fraction of sp³-hybridized carbons (Fsp3) is 0.538. The maximum absolute atomic E-state index is 11.5. The first-order chi connectivity index (χ1) is 8.11. The molecule has 1 aromatic rings. The third-order valence-corrected chi connectivity index (χ3v) is 2.66. The highest BCUT2D eigenvalue weighted by Crippen LogP contribution is 1.99. The molecule has 0 unspecified atom stereocenters. The Balaban J connectivity index is 0.00000289. The molecule has 0 aliphatic carbocycles. The number of hydrogen-bond donors (Lipinski definition) is 2. The van der Waals surface area contributed by atoms with Gasteiger partial charge in [-0.2, -0.15) is 0 Å². The predicted octanol–water partition coefficient (Wildman–Crippen LogP) is 1.54. The highest BCUT2D eigenvalue weighted by atomic mass is 35.5. The van der Waals surface area contributed by atoms with Gasteiger partial charge in [0.15, 0.2) is 0 Å². The van der Waals surface area contributed by atoms with Crippen LogP contribution in [0.1, 0.15) is 26.0 Å². The van der Waals surface area contributed by atoms with E-state index in [2.05, 4.69) is 10.3 Å². The fourth-order valence-corrected chi connectivity index (χ4v) is 1.45. The molecule has 0 spiro atoms. The maximum Gasteiger partial charge on any atom is 0.237 e. The van der Waals surface area contributed by atoms with E-state index in [9.17, 15) is 4.79 Å². The summed E-state index contributed by atoms with van der Waals surface area (Å²) in [7, 11) is 0. The smallest absolute Gasteiger partial charge is 0.237 e. The summed E-state index contributed by atoms with van der Waals surface area (Å²) in [6.07, 6.45) is 3.54. The molecular formula is C13H22ClN3O. The third kappa shape index (κ3) is 5.98. The average molecular weight is 272 g/mol. The highest BCUT2D eigenvalue weighted by Gasteiger charge is 2.15. The Morgan fingerprint density at radius 2 is 2.17 bits per heavy atom. The Morgan fingerprint density at radius 1 is 1.44 bits per heavy atom. The van der Waals surface area contributed by atoms with Crippen LogP contribution in [0.15, 0.2) is 24.4 Å². The Bertz CT molecular complexity index is 343. The van der Waals surface area contributed by atoms with Crippen LogP contribution in [0.5, 0.6) is 0 Å². The van der Waals surface area contributed by atoms with Gasteiger partial charge < -0.3 is 11.1 Å². The van der Waals surface area contributed by atoms with Crippen LogP contribution < -0.4 is 11.1 Å². The van der Waals surface area contributed by atoms with Crippen LogP contribution in [0, 0.1) is 5.92 Å². The molecule has 0 radical (unpaired) electrons. The molecule has 1 aromatic heterocycles. The molecule has 102 valence electrons. The van der Waals surface area contributed by atoms with Gasteiger partial charge in [-0.15, -0.1) is 12.4 Å². The molecule has 5 heteroatoms. The van der Waals surface area contributed by atoms with Gasteiger partial charge in [0.05, 0.1) is 6.04 Å². The number of carbonyl (C=O) groups is 1. The van der Waals surface area contributed by atoms with Crippen molar-refractivity contribution >= 4 is 18.3 Å². The molecule has 0 aliphatic rings. The number of nitrogens with one attached hydrogen (secondary N) is 1. The van der Waals surface area contributed by atoms with Gasteiger partial charge in [0.1, 0.15) is 0 Å². The standard InChI is InChI=1S/C13H21N3O.ClH/c1-10(2)12(14)13(17)16-9-5-7-11-6-3-4-8-15-11;/h3-4,6,8,10,12H,5,7,9,14H2,1-2H3,(H,16,17);1H/t12-;/m0./s1. The van der Waals surface area contributed by atoms with Gasteiger partial charge in [0.2, 0.25) is 5.91 Å². The number of amides is 1. The molecule has 1 amide bonds. The first-order valence-electron chi connectivity index (χ1n) is 6.04. The molecule has 1 atom stereocenters. The van der Waals surface area contributed by atoms with Crippen LogP contribution in [0.25, 0.3) is 0 Å². The van der Waals surface area contributed by atoms with Crippen molar-refractivity contribution in [2.45, 2.75) is 32.7 Å². The number of aromatic nitrogens is 1. The number of pyridine rings is 1. The van der Waals surface area contributed by atoms with Crippen LogP contribution in [0.2, 0.25) is 0 Å². The van der Waals surface area contributed by atoms with Crippen molar-refractivity contribution < 1.29 is 4.79 Å². The second-order valence-corrected chi connectivity index (χ2v) is 4.49. The van der Waals surface area contributed by atoms with Crippen LogP contribution in [0.3, 0.4) is 0 Å². The second-order valence-electron chi connectivity index (χ2n) is 4.49. The van der Waals surface area contributed by atoms with Crippen LogP contribution >= 0.6 is 12.4 Å². The molecule has 0 aromatic carbocycles. The van der Waals surface area contributed by atoms with E-state index in [1.807, 2.05) is 32.0 Å². The van der Waals surface area contributed by atoms with Gasteiger partial charge in [-0.05, 0) is 30.9 Å². The zero-order valence-corrected chi connectivity index (χ0v) is 11.7. The van der Waals surface area contributed by atoms with E-state index in [-0.39, 0.29) is 24.2 Å². The number of rotatable bonds is 6. The number of nitrogens with zero attached hydrogens (tertiary/aromatic N) is 1.